The van der Waals surface area contributed by atoms with Crippen LogP contribution in [0, 0.1) is 11.3 Å². The Bertz CT molecular complexity index is 307. The first-order valence-electron chi connectivity index (χ1n) is 2.87. The van der Waals surface area contributed by atoms with Crippen molar-refractivity contribution in [3.63, 3.8) is 0 Å². The minimum atomic E-state index is -4.33. The van der Waals surface area contributed by atoms with Gasteiger partial charge in [0.05, 0.1) is 0 Å². The van der Waals surface area contributed by atoms with E-state index in [1.807, 2.05) is 0 Å². The molecule has 0 saturated carbocycles. The first kappa shape index (κ1) is 8.52. The Morgan fingerprint density at radius 1 is 1.58 bits per heavy atom. The Balaban J connectivity index is 2.72. The second-order valence-electron chi connectivity index (χ2n) is 1.99. The summed E-state index contributed by atoms with van der Waals surface area (Å²) in [5.74, 6) is -0.265. The highest BCUT2D eigenvalue weighted by molar-refractivity contribution is 5.05. The summed E-state index contributed by atoms with van der Waals surface area (Å²) < 4.78 is 35.6. The van der Waals surface area contributed by atoms with Gasteiger partial charge in [0.25, 0.3) is 5.82 Å². The fraction of sp³-hybridized carbons (Fsp3) is 0.400. The number of alkyl halides is 3. The second kappa shape index (κ2) is 2.81. The molecule has 0 fully saturated rings. The van der Waals surface area contributed by atoms with Crippen LogP contribution in [-0.2, 0) is 6.54 Å². The molecule has 1 rings (SSSR count). The molecule has 1 aromatic rings. The van der Waals surface area contributed by atoms with Crippen molar-refractivity contribution in [2.75, 3.05) is 0 Å². The van der Waals surface area contributed by atoms with Crippen molar-refractivity contribution in [2.24, 2.45) is 0 Å². The van der Waals surface area contributed by atoms with Crippen LogP contribution < -0.4 is 0 Å². The molecule has 0 spiro atoms. The molecule has 1 heterocycles. The van der Waals surface area contributed by atoms with Gasteiger partial charge >= 0.3 is 6.18 Å². The van der Waals surface area contributed by atoms with Crippen LogP contribution in [0.2, 0.25) is 0 Å². The van der Waals surface area contributed by atoms with Crippen LogP contribution >= 0.6 is 0 Å². The van der Waals surface area contributed by atoms with Crippen molar-refractivity contribution in [1.29, 1.82) is 5.26 Å². The average molecular weight is 176 g/mol. The zero-order valence-corrected chi connectivity index (χ0v) is 5.71. The van der Waals surface area contributed by atoms with Crippen LogP contribution in [0.3, 0.4) is 0 Å². The van der Waals surface area contributed by atoms with Crippen LogP contribution in [0.1, 0.15) is 5.82 Å². The molecule has 7 heteroatoms. The minimum Gasteiger partial charge on any atom is -0.242 e. The predicted octanol–water partition coefficient (Wildman–Crippen LogP) is 0.712. The highest BCUT2D eigenvalue weighted by Gasteiger charge is 2.28. The lowest BCUT2D eigenvalue weighted by atomic mass is 10.6. The molecule has 0 unspecified atom stereocenters. The molecule has 0 N–H and O–H groups in total. The van der Waals surface area contributed by atoms with Gasteiger partial charge in [0, 0.05) is 0 Å². The summed E-state index contributed by atoms with van der Waals surface area (Å²) in [4.78, 5) is 3.31. The zero-order valence-electron chi connectivity index (χ0n) is 5.71. The summed E-state index contributed by atoms with van der Waals surface area (Å²) in [6.45, 7) is -1.22. The van der Waals surface area contributed by atoms with Gasteiger partial charge in [-0.2, -0.15) is 18.4 Å². The van der Waals surface area contributed by atoms with Gasteiger partial charge in [0.1, 0.15) is 18.9 Å². The van der Waals surface area contributed by atoms with Crippen molar-refractivity contribution < 1.29 is 13.2 Å². The molecule has 4 nitrogen and oxygen atoms in total. The van der Waals surface area contributed by atoms with Gasteiger partial charge in [-0.3, -0.25) is 0 Å². The van der Waals surface area contributed by atoms with E-state index in [-0.39, 0.29) is 5.82 Å². The number of nitrogens with zero attached hydrogens (tertiary/aromatic N) is 4. The Labute approximate surface area is 65.2 Å². The van der Waals surface area contributed by atoms with Crippen molar-refractivity contribution in [3.05, 3.63) is 12.2 Å². The van der Waals surface area contributed by atoms with Gasteiger partial charge in [-0.25, -0.2) is 9.67 Å². The van der Waals surface area contributed by atoms with Crippen molar-refractivity contribution in [3.8, 4) is 6.07 Å². The number of nitriles is 1. The molecule has 64 valence electrons. The van der Waals surface area contributed by atoms with Crippen molar-refractivity contribution >= 4 is 0 Å². The monoisotopic (exact) mass is 176 g/mol. The van der Waals surface area contributed by atoms with Gasteiger partial charge in [-0.05, 0) is 0 Å². The van der Waals surface area contributed by atoms with Crippen molar-refractivity contribution in [1.82, 2.24) is 14.8 Å². The summed E-state index contributed by atoms with van der Waals surface area (Å²) in [5.41, 5.74) is 0. The fourth-order valence-corrected chi connectivity index (χ4v) is 0.606. The largest absolute Gasteiger partial charge is 0.408 e. The SMILES string of the molecule is N#Cc1ncn(CC(F)(F)F)n1. The highest BCUT2D eigenvalue weighted by Crippen LogP contribution is 2.16. The molecule has 0 amide bonds. The summed E-state index contributed by atoms with van der Waals surface area (Å²) >= 11 is 0. The lowest BCUT2D eigenvalue weighted by molar-refractivity contribution is -0.142. The van der Waals surface area contributed by atoms with Crippen LogP contribution in [-0.4, -0.2) is 20.9 Å². The van der Waals surface area contributed by atoms with E-state index in [0.29, 0.717) is 4.68 Å². The quantitative estimate of drug-likeness (QED) is 0.633. The molecular weight excluding hydrogens is 173 g/mol. The number of rotatable bonds is 1. The Morgan fingerprint density at radius 2 is 2.25 bits per heavy atom. The standard InChI is InChI=1S/C5H3F3N4/c6-5(7,8)2-12-3-10-4(1-9)11-12/h3H,2H2. The lowest BCUT2D eigenvalue weighted by Crippen LogP contribution is -2.18. The van der Waals surface area contributed by atoms with Crippen LogP contribution in [0.15, 0.2) is 6.33 Å². The maximum Gasteiger partial charge on any atom is 0.408 e. The van der Waals surface area contributed by atoms with Gasteiger partial charge in [0.15, 0.2) is 0 Å². The van der Waals surface area contributed by atoms with Gasteiger partial charge in [-0.15, -0.1) is 5.10 Å². The summed E-state index contributed by atoms with van der Waals surface area (Å²) in [7, 11) is 0. The van der Waals surface area contributed by atoms with Crippen molar-refractivity contribution in [2.45, 2.75) is 12.7 Å². The molecule has 0 aliphatic rings. The number of hydrogen-bond acceptors (Lipinski definition) is 3. The van der Waals surface area contributed by atoms with Gasteiger partial charge < -0.3 is 0 Å². The Morgan fingerprint density at radius 3 is 2.67 bits per heavy atom. The first-order chi connectivity index (χ1) is 5.51. The average Bonchev–Trinajstić information content (AvgIpc) is 2.32. The fourth-order valence-electron chi connectivity index (χ4n) is 0.606. The molecule has 0 aliphatic carbocycles. The molecule has 0 aromatic carbocycles. The molecule has 0 saturated heterocycles. The third kappa shape index (κ3) is 2.23. The third-order valence-electron chi connectivity index (χ3n) is 0.978. The molecular formula is C5H3F3N4. The zero-order chi connectivity index (χ0) is 9.19. The van der Waals surface area contributed by atoms with E-state index < -0.39 is 12.7 Å². The third-order valence-corrected chi connectivity index (χ3v) is 0.978. The van der Waals surface area contributed by atoms with E-state index in [0.717, 1.165) is 6.33 Å². The minimum absolute atomic E-state index is 0.265. The van der Waals surface area contributed by atoms with E-state index in [2.05, 4.69) is 10.1 Å². The van der Waals surface area contributed by atoms with Crippen LogP contribution in [0.25, 0.3) is 0 Å². The van der Waals surface area contributed by atoms with E-state index in [1.165, 1.54) is 6.07 Å². The smallest absolute Gasteiger partial charge is 0.242 e. The summed E-state index contributed by atoms with van der Waals surface area (Å²) in [6, 6.07) is 1.52. The molecule has 1 aromatic heterocycles. The van der Waals surface area contributed by atoms with E-state index in [9.17, 15) is 13.2 Å². The summed E-state index contributed by atoms with van der Waals surface area (Å²) in [6.07, 6.45) is -3.47. The van der Waals surface area contributed by atoms with Gasteiger partial charge in [0.2, 0.25) is 0 Å². The lowest BCUT2D eigenvalue weighted by Gasteiger charge is -2.03. The molecule has 0 atom stereocenters. The Kier molecular flexibility index (Phi) is 1.99. The van der Waals surface area contributed by atoms with E-state index in [1.54, 1.807) is 0 Å². The molecule has 0 aliphatic heterocycles. The topological polar surface area (TPSA) is 54.5 Å². The maximum absolute atomic E-state index is 11.7. The molecule has 0 bridgehead atoms. The van der Waals surface area contributed by atoms with Gasteiger partial charge in [-0.1, -0.05) is 0 Å². The highest BCUT2D eigenvalue weighted by atomic mass is 19.4. The van der Waals surface area contributed by atoms with E-state index in [4.69, 9.17) is 5.26 Å². The number of hydrogen-bond donors (Lipinski definition) is 0. The number of aromatic nitrogens is 3. The van der Waals surface area contributed by atoms with Crippen LogP contribution in [0.5, 0.6) is 0 Å². The Hall–Kier alpha value is -1.58. The molecule has 12 heavy (non-hydrogen) atoms. The predicted molar refractivity (Wildman–Crippen MR) is 30.8 cm³/mol. The normalized spacial score (nSPS) is 11.2. The maximum atomic E-state index is 11.7. The molecule has 0 radical (unpaired) electrons. The summed E-state index contributed by atoms with van der Waals surface area (Å²) in [5, 5.41) is 11.4. The van der Waals surface area contributed by atoms with Crippen LogP contribution in [0.4, 0.5) is 13.2 Å². The number of halogens is 3. The first-order valence-corrected chi connectivity index (χ1v) is 2.87. The second-order valence-corrected chi connectivity index (χ2v) is 1.99. The van der Waals surface area contributed by atoms with E-state index >= 15 is 0 Å².